The van der Waals surface area contributed by atoms with Crippen molar-refractivity contribution in [1.29, 1.82) is 0 Å². The molecule has 0 radical (unpaired) electrons. The summed E-state index contributed by atoms with van der Waals surface area (Å²) < 4.78 is 31.7. The zero-order chi connectivity index (χ0) is 66.3. The summed E-state index contributed by atoms with van der Waals surface area (Å²) in [4.78, 5) is 158. The van der Waals surface area contributed by atoms with E-state index < -0.39 is 170 Å². The maximum atomic E-state index is 15.4. The van der Waals surface area contributed by atoms with Crippen LogP contribution in [0, 0.1) is 17.0 Å². The Bertz CT molecular complexity index is 3030. The number of nitrogens with two attached hydrogens (primary N) is 1. The molecule has 25 nitrogen and oxygen atoms in total. The van der Waals surface area contributed by atoms with Crippen molar-refractivity contribution in [2.24, 2.45) is 11.1 Å². The summed E-state index contributed by atoms with van der Waals surface area (Å²) in [7, 11) is 0. The first-order valence-electron chi connectivity index (χ1n) is 29.5. The SMILES string of the molecule is CCC(C)(CC)SC1CC(=O)N(CCCCCC(=O)NCC(=O)N[C@H](C)C(=O)N[C@@H](CC(N)=O)C(=O)N[C@@H](CCN(C(=O)CO)[C@@H](c2cc(-c3cc(F)ccc3F)cn2Cc2ccccc2)C(C)(C)C)C(=O)NCCC(=O)N[C@H](CCC(=O)O)C(=O)O)C1=O. The van der Waals surface area contributed by atoms with Crippen LogP contribution in [0.2, 0.25) is 0 Å². The number of imide groups is 1. The Labute approximate surface area is 519 Å². The highest BCUT2D eigenvalue weighted by Gasteiger charge is 2.42. The normalized spacial score (nSPS) is 15.0. The first-order valence-corrected chi connectivity index (χ1v) is 30.4. The summed E-state index contributed by atoms with van der Waals surface area (Å²) >= 11 is 1.53. The van der Waals surface area contributed by atoms with Crippen LogP contribution in [0.25, 0.3) is 11.1 Å². The number of likely N-dealkylation sites (tertiary alicyclic amines) is 1. The van der Waals surface area contributed by atoms with Gasteiger partial charge in [-0.25, -0.2) is 13.6 Å². The fraction of sp³-hybridized carbons (Fsp3) is 0.541. The molecule has 28 heteroatoms. The summed E-state index contributed by atoms with van der Waals surface area (Å²) in [6, 6.07) is 5.97. The van der Waals surface area contributed by atoms with Crippen molar-refractivity contribution in [2.45, 2.75) is 172 Å². The Hall–Kier alpha value is -8.27. The van der Waals surface area contributed by atoms with Crippen LogP contribution in [-0.4, -0.2) is 168 Å². The van der Waals surface area contributed by atoms with E-state index in [1.165, 1.54) is 28.5 Å². The molecule has 0 spiro atoms. The van der Waals surface area contributed by atoms with Crippen LogP contribution in [0.1, 0.15) is 143 Å². The number of carbonyl (C=O) groups is 12. The van der Waals surface area contributed by atoms with Crippen molar-refractivity contribution >= 4 is 82.8 Å². The largest absolute Gasteiger partial charge is 0.481 e. The monoisotopic (exact) mass is 1270 g/mol. The Balaban J connectivity index is 1.52. The second-order valence-electron chi connectivity index (χ2n) is 23.1. The Morgan fingerprint density at radius 3 is 2.06 bits per heavy atom. The highest BCUT2D eigenvalue weighted by molar-refractivity contribution is 8.02. The first-order chi connectivity index (χ1) is 41.9. The first kappa shape index (κ1) is 73.2. The summed E-state index contributed by atoms with van der Waals surface area (Å²) in [6.45, 7) is 10.5. The number of carbonyl (C=O) groups excluding carboxylic acids is 10. The lowest BCUT2D eigenvalue weighted by Crippen LogP contribution is -2.58. The van der Waals surface area contributed by atoms with E-state index in [1.54, 1.807) is 55.8 Å². The molecule has 2 aromatic carbocycles. The molecule has 0 saturated carbocycles. The van der Waals surface area contributed by atoms with Gasteiger partial charge in [-0.05, 0) is 80.7 Å². The fourth-order valence-corrected chi connectivity index (χ4v) is 11.4. The Kier molecular flexibility index (Phi) is 28.4. The van der Waals surface area contributed by atoms with Gasteiger partial charge in [0.1, 0.15) is 42.4 Å². The number of thioether (sulfide) groups is 1. The molecular formula is C61H84F2N10O15S. The third kappa shape index (κ3) is 23.0. The lowest BCUT2D eigenvalue weighted by atomic mass is 9.82. The molecule has 6 atom stereocenters. The highest BCUT2D eigenvalue weighted by Crippen LogP contribution is 2.42. The molecular weight excluding hydrogens is 1180 g/mol. The van der Waals surface area contributed by atoms with Crippen LogP contribution in [0.15, 0.2) is 60.8 Å². The maximum absolute atomic E-state index is 15.4. The molecule has 10 amide bonds. The van der Waals surface area contributed by atoms with Crippen molar-refractivity contribution in [3.8, 4) is 11.1 Å². The molecule has 1 saturated heterocycles. The summed E-state index contributed by atoms with van der Waals surface area (Å²) in [5, 5.41) is 42.9. The third-order valence-electron chi connectivity index (χ3n) is 15.1. The van der Waals surface area contributed by atoms with Gasteiger partial charge in [0.05, 0.1) is 24.3 Å². The van der Waals surface area contributed by atoms with Crippen LogP contribution in [0.5, 0.6) is 0 Å². The van der Waals surface area contributed by atoms with Gasteiger partial charge in [-0.15, -0.1) is 11.8 Å². The second-order valence-corrected chi connectivity index (χ2v) is 24.9. The molecule has 2 heterocycles. The van der Waals surface area contributed by atoms with Crippen LogP contribution < -0.4 is 37.6 Å². The van der Waals surface area contributed by atoms with E-state index >= 15 is 4.39 Å². The molecule has 1 aliphatic rings. The quantitative estimate of drug-likeness (QED) is 0.0293. The average Bonchev–Trinajstić information content (AvgIpc) is 2.39. The number of primary amides is 1. The summed E-state index contributed by atoms with van der Waals surface area (Å²) in [5.41, 5.74) is 5.85. The number of unbranched alkanes of at least 4 members (excludes halogenated alkanes) is 2. The number of rotatable bonds is 37. The number of aromatic nitrogens is 1. The molecule has 11 N–H and O–H groups in total. The topological polar surface area (TPSA) is 375 Å². The number of aliphatic carboxylic acids is 2. The number of halogens is 2. The second kappa shape index (κ2) is 34.5. The maximum Gasteiger partial charge on any atom is 0.326 e. The van der Waals surface area contributed by atoms with Gasteiger partial charge < -0.3 is 62.4 Å². The zero-order valence-corrected chi connectivity index (χ0v) is 52.1. The minimum atomic E-state index is -1.82. The van der Waals surface area contributed by atoms with E-state index in [9.17, 15) is 72.1 Å². The highest BCUT2D eigenvalue weighted by atomic mass is 32.2. The number of hydrogen-bond acceptors (Lipinski definition) is 14. The van der Waals surface area contributed by atoms with Gasteiger partial charge in [0.15, 0.2) is 0 Å². The lowest BCUT2D eigenvalue weighted by Gasteiger charge is -2.41. The minimum absolute atomic E-state index is 0.00767. The molecule has 0 aliphatic carbocycles. The van der Waals surface area contributed by atoms with E-state index in [0.717, 1.165) is 36.6 Å². The Morgan fingerprint density at radius 2 is 1.44 bits per heavy atom. The van der Waals surface area contributed by atoms with E-state index in [4.69, 9.17) is 10.8 Å². The number of hydrogen-bond donors (Lipinski definition) is 10. The van der Waals surface area contributed by atoms with Gasteiger partial charge in [0.25, 0.3) is 0 Å². The molecule has 1 fully saturated rings. The van der Waals surface area contributed by atoms with Crippen LogP contribution in [0.3, 0.4) is 0 Å². The standard InChI is InChI=1S/C61H84F2N10O15S/c1-8-61(7,9-2)89-46-31-51(79)73(58(46)86)26-15-11-14-18-48(76)66-32-50(78)67-36(3)55(83)70-44(30-47(64)75)57(85)69-42(56(84)65-25-23-49(77)68-43(59(87)88)21-22-53(81)82)24-27-72(52(80)35-74)54(60(4,5)6)45-28-38(40-29-39(62)19-20-41(40)63)34-71(45)33-37-16-12-10-13-17-37/h10,12-13,16-17,19-20,28-29,34,36,42-44,46,54,74H,8-9,11,14-15,18,21-27,30-33,35H2,1-7H3,(H2,64,75)(H,65,84)(H,66,76)(H,67,78)(H,68,77)(H,69,85)(H,70,83)(H,81,82)(H,87,88)/t36-,42+,43-,44+,46?,54+/m1/s1. The van der Waals surface area contributed by atoms with Gasteiger partial charge in [0, 0.05) is 79.6 Å². The molecule has 3 aromatic rings. The summed E-state index contributed by atoms with van der Waals surface area (Å²) in [6.07, 6.45) is 1.83. The van der Waals surface area contributed by atoms with Gasteiger partial charge in [0.2, 0.25) is 59.1 Å². The van der Waals surface area contributed by atoms with Crippen LogP contribution in [-0.2, 0) is 64.1 Å². The molecule has 1 aliphatic heterocycles. The fourth-order valence-electron chi connectivity index (χ4n) is 9.93. The number of nitrogens with zero attached hydrogens (tertiary/aromatic N) is 3. The van der Waals surface area contributed by atoms with Crippen LogP contribution >= 0.6 is 11.8 Å². The molecule has 4 rings (SSSR count). The molecule has 0 bridgehead atoms. The molecule has 1 unspecified atom stereocenters. The number of carboxylic acid groups (broad SMARTS) is 2. The third-order valence-corrected chi connectivity index (χ3v) is 16.9. The number of aliphatic hydroxyl groups is 1. The van der Waals surface area contributed by atoms with E-state index in [0.29, 0.717) is 25.0 Å². The smallest absolute Gasteiger partial charge is 0.326 e. The van der Waals surface area contributed by atoms with Gasteiger partial charge in [-0.3, -0.25) is 57.6 Å². The van der Waals surface area contributed by atoms with Crippen LogP contribution in [0.4, 0.5) is 8.78 Å². The Morgan fingerprint density at radius 1 is 0.764 bits per heavy atom. The van der Waals surface area contributed by atoms with E-state index in [1.807, 2.05) is 26.0 Å². The molecule has 89 heavy (non-hydrogen) atoms. The van der Waals surface area contributed by atoms with Crippen molar-refractivity contribution in [3.63, 3.8) is 0 Å². The van der Waals surface area contributed by atoms with Gasteiger partial charge in [-0.1, -0.05) is 78.3 Å². The average molecular weight is 1270 g/mol. The summed E-state index contributed by atoms with van der Waals surface area (Å²) in [5.74, 6) is -12.2. The van der Waals surface area contributed by atoms with Gasteiger partial charge >= 0.3 is 11.9 Å². The molecule has 1 aromatic heterocycles. The van der Waals surface area contributed by atoms with E-state index in [2.05, 4.69) is 38.8 Å². The number of aliphatic hydroxyl groups excluding tert-OH is 1. The van der Waals surface area contributed by atoms with Crippen molar-refractivity contribution in [1.82, 2.24) is 46.3 Å². The number of amides is 10. The van der Waals surface area contributed by atoms with E-state index in [-0.39, 0.29) is 53.6 Å². The number of benzene rings is 2. The van der Waals surface area contributed by atoms with Crippen molar-refractivity contribution in [3.05, 3.63) is 83.7 Å². The lowest BCUT2D eigenvalue weighted by molar-refractivity contribution is -0.143. The number of carboxylic acids is 2. The minimum Gasteiger partial charge on any atom is -0.481 e. The van der Waals surface area contributed by atoms with Crippen molar-refractivity contribution < 1.29 is 81.6 Å². The predicted molar refractivity (Wildman–Crippen MR) is 323 cm³/mol. The van der Waals surface area contributed by atoms with Gasteiger partial charge in [-0.2, -0.15) is 0 Å². The molecule has 488 valence electrons. The van der Waals surface area contributed by atoms with Crippen molar-refractivity contribution in [2.75, 3.05) is 32.8 Å². The number of nitrogens with one attached hydrogen (secondary N) is 6. The zero-order valence-electron chi connectivity index (χ0n) is 51.3. The predicted octanol–water partition coefficient (Wildman–Crippen LogP) is 3.19.